The van der Waals surface area contributed by atoms with E-state index < -0.39 is 0 Å². The van der Waals surface area contributed by atoms with Crippen molar-refractivity contribution in [3.8, 4) is 0 Å². The van der Waals surface area contributed by atoms with E-state index in [1.165, 1.54) is 0 Å². The van der Waals surface area contributed by atoms with Gasteiger partial charge in [-0.25, -0.2) is 0 Å². The first-order valence-electron chi connectivity index (χ1n) is 4.02. The number of thioether (sulfide) groups is 1. The first-order valence-corrected chi connectivity index (χ1v) is 5.17. The molecular weight excluding hydrogens is 158 g/mol. The van der Waals surface area contributed by atoms with Gasteiger partial charge in [0.1, 0.15) is 0 Å². The van der Waals surface area contributed by atoms with Crippen molar-refractivity contribution >= 4 is 17.7 Å². The molecule has 1 aliphatic heterocycles. The number of hydrogen-bond acceptors (Lipinski definition) is 2. The van der Waals surface area contributed by atoms with Crippen LogP contribution in [0.25, 0.3) is 0 Å². The fourth-order valence-corrected chi connectivity index (χ4v) is 2.46. The minimum Gasteiger partial charge on any atom is -0.336 e. The number of rotatable bonds is 1. The van der Waals surface area contributed by atoms with Crippen molar-refractivity contribution in [2.45, 2.75) is 32.9 Å². The Hall–Kier alpha value is -0.180. The summed E-state index contributed by atoms with van der Waals surface area (Å²) >= 11 is 1.74. The Morgan fingerprint density at radius 1 is 1.64 bits per heavy atom. The van der Waals surface area contributed by atoms with Crippen molar-refractivity contribution in [3.63, 3.8) is 0 Å². The van der Waals surface area contributed by atoms with Gasteiger partial charge in [0, 0.05) is 17.8 Å². The Kier molecular flexibility index (Phi) is 2.82. The molecule has 1 unspecified atom stereocenters. The first kappa shape index (κ1) is 8.91. The number of carbonyl (C=O) groups is 1. The van der Waals surface area contributed by atoms with E-state index in [0.29, 0.717) is 23.7 Å². The van der Waals surface area contributed by atoms with Crippen LogP contribution < -0.4 is 0 Å². The Balaban J connectivity index is 2.63. The van der Waals surface area contributed by atoms with Crippen molar-refractivity contribution in [2.24, 2.45) is 0 Å². The third-order valence-electron chi connectivity index (χ3n) is 1.90. The SMILES string of the molecule is CC(C)N1C(=O)CSCC1C. The molecule has 0 aliphatic carbocycles. The molecule has 1 saturated heterocycles. The number of carbonyl (C=O) groups excluding carboxylic acids is 1. The molecule has 3 heteroatoms. The van der Waals surface area contributed by atoms with Gasteiger partial charge in [-0.2, -0.15) is 0 Å². The summed E-state index contributed by atoms with van der Waals surface area (Å²) in [6, 6.07) is 0.777. The molecule has 1 fully saturated rings. The molecule has 1 heterocycles. The fraction of sp³-hybridized carbons (Fsp3) is 0.875. The van der Waals surface area contributed by atoms with E-state index in [-0.39, 0.29) is 0 Å². The molecule has 2 nitrogen and oxygen atoms in total. The lowest BCUT2D eigenvalue weighted by Gasteiger charge is -2.36. The van der Waals surface area contributed by atoms with Crippen molar-refractivity contribution in [1.29, 1.82) is 0 Å². The van der Waals surface area contributed by atoms with Gasteiger partial charge in [-0.15, -0.1) is 11.8 Å². The average molecular weight is 173 g/mol. The Labute approximate surface area is 72.3 Å². The largest absolute Gasteiger partial charge is 0.336 e. The number of nitrogens with zero attached hydrogens (tertiary/aromatic N) is 1. The monoisotopic (exact) mass is 173 g/mol. The Morgan fingerprint density at radius 2 is 2.27 bits per heavy atom. The second-order valence-electron chi connectivity index (χ2n) is 3.26. The van der Waals surface area contributed by atoms with Crippen molar-refractivity contribution < 1.29 is 4.79 Å². The smallest absolute Gasteiger partial charge is 0.233 e. The van der Waals surface area contributed by atoms with E-state index in [1.54, 1.807) is 11.8 Å². The molecule has 0 radical (unpaired) electrons. The van der Waals surface area contributed by atoms with E-state index in [1.807, 2.05) is 4.90 Å². The van der Waals surface area contributed by atoms with Crippen LogP contribution in [-0.2, 0) is 4.79 Å². The van der Waals surface area contributed by atoms with E-state index >= 15 is 0 Å². The normalized spacial score (nSPS) is 26.4. The molecule has 1 atom stereocenters. The maximum atomic E-state index is 11.4. The fourth-order valence-electron chi connectivity index (χ4n) is 1.51. The van der Waals surface area contributed by atoms with Gasteiger partial charge in [0.2, 0.25) is 5.91 Å². The minimum atomic E-state index is 0.295. The summed E-state index contributed by atoms with van der Waals surface area (Å²) in [6.07, 6.45) is 0. The summed E-state index contributed by atoms with van der Waals surface area (Å²) in [5.41, 5.74) is 0. The van der Waals surface area contributed by atoms with Crippen LogP contribution in [0.3, 0.4) is 0 Å². The van der Waals surface area contributed by atoms with E-state index in [2.05, 4.69) is 20.8 Å². The van der Waals surface area contributed by atoms with Crippen molar-refractivity contribution in [2.75, 3.05) is 11.5 Å². The predicted octanol–water partition coefficient (Wildman–Crippen LogP) is 1.36. The molecule has 1 amide bonds. The van der Waals surface area contributed by atoms with Crippen molar-refractivity contribution in [3.05, 3.63) is 0 Å². The second kappa shape index (κ2) is 3.48. The van der Waals surface area contributed by atoms with Gasteiger partial charge in [0.25, 0.3) is 0 Å². The van der Waals surface area contributed by atoms with Crippen LogP contribution in [0, 0.1) is 0 Å². The molecule has 0 aromatic rings. The Morgan fingerprint density at radius 3 is 2.64 bits per heavy atom. The zero-order chi connectivity index (χ0) is 8.43. The van der Waals surface area contributed by atoms with Gasteiger partial charge >= 0.3 is 0 Å². The molecule has 0 spiro atoms. The maximum absolute atomic E-state index is 11.4. The Bertz CT molecular complexity index is 158. The highest BCUT2D eigenvalue weighted by Gasteiger charge is 2.26. The van der Waals surface area contributed by atoms with Gasteiger partial charge in [-0.05, 0) is 20.8 Å². The topological polar surface area (TPSA) is 20.3 Å². The van der Waals surface area contributed by atoms with E-state index in [4.69, 9.17) is 0 Å². The zero-order valence-corrected chi connectivity index (χ0v) is 8.15. The number of hydrogen-bond donors (Lipinski definition) is 0. The maximum Gasteiger partial charge on any atom is 0.233 e. The highest BCUT2D eigenvalue weighted by atomic mass is 32.2. The number of amides is 1. The molecule has 64 valence electrons. The lowest BCUT2D eigenvalue weighted by molar-refractivity contribution is -0.132. The van der Waals surface area contributed by atoms with Gasteiger partial charge in [-0.3, -0.25) is 4.79 Å². The summed E-state index contributed by atoms with van der Waals surface area (Å²) in [5, 5.41) is 0. The second-order valence-corrected chi connectivity index (χ2v) is 4.29. The average Bonchev–Trinajstić information content (AvgIpc) is 1.85. The lowest BCUT2D eigenvalue weighted by atomic mass is 10.2. The third-order valence-corrected chi connectivity index (χ3v) is 3.07. The van der Waals surface area contributed by atoms with Gasteiger partial charge in [0.05, 0.1) is 5.75 Å². The zero-order valence-electron chi connectivity index (χ0n) is 7.33. The van der Waals surface area contributed by atoms with Gasteiger partial charge < -0.3 is 4.90 Å². The van der Waals surface area contributed by atoms with Crippen molar-refractivity contribution in [1.82, 2.24) is 4.90 Å². The van der Waals surface area contributed by atoms with Crippen LogP contribution in [0.5, 0.6) is 0 Å². The summed E-state index contributed by atoms with van der Waals surface area (Å²) in [6.45, 7) is 6.26. The molecular formula is C8H15NOS. The van der Waals surface area contributed by atoms with Gasteiger partial charge in [-0.1, -0.05) is 0 Å². The standard InChI is InChI=1S/C8H15NOS/c1-6(2)9-7(3)4-11-5-8(9)10/h6-7H,4-5H2,1-3H3. The van der Waals surface area contributed by atoms with Crippen LogP contribution in [0.15, 0.2) is 0 Å². The molecule has 11 heavy (non-hydrogen) atoms. The highest BCUT2D eigenvalue weighted by Crippen LogP contribution is 2.19. The molecule has 1 aliphatic rings. The molecule has 0 aromatic carbocycles. The lowest BCUT2D eigenvalue weighted by Crippen LogP contribution is -2.48. The third kappa shape index (κ3) is 1.89. The minimum absolute atomic E-state index is 0.295. The van der Waals surface area contributed by atoms with E-state index in [0.717, 1.165) is 5.75 Å². The molecule has 0 saturated carbocycles. The quantitative estimate of drug-likeness (QED) is 0.596. The highest BCUT2D eigenvalue weighted by molar-refractivity contribution is 8.00. The summed E-state index contributed by atoms with van der Waals surface area (Å²) in [5.74, 6) is 2.05. The molecule has 0 bridgehead atoms. The van der Waals surface area contributed by atoms with Crippen LogP contribution in [-0.4, -0.2) is 34.4 Å². The molecule has 0 N–H and O–H groups in total. The van der Waals surface area contributed by atoms with Crippen LogP contribution in [0.2, 0.25) is 0 Å². The van der Waals surface area contributed by atoms with Crippen LogP contribution in [0.4, 0.5) is 0 Å². The summed E-state index contributed by atoms with van der Waals surface area (Å²) in [7, 11) is 0. The summed E-state index contributed by atoms with van der Waals surface area (Å²) in [4.78, 5) is 13.3. The molecule has 0 aromatic heterocycles. The predicted molar refractivity (Wildman–Crippen MR) is 48.8 cm³/mol. The van der Waals surface area contributed by atoms with E-state index in [9.17, 15) is 4.79 Å². The summed E-state index contributed by atoms with van der Waals surface area (Å²) < 4.78 is 0. The first-order chi connectivity index (χ1) is 5.13. The van der Waals surface area contributed by atoms with Crippen LogP contribution in [0.1, 0.15) is 20.8 Å². The molecule has 1 rings (SSSR count). The van der Waals surface area contributed by atoms with Crippen LogP contribution >= 0.6 is 11.8 Å². The van der Waals surface area contributed by atoms with Gasteiger partial charge in [0.15, 0.2) is 0 Å².